The summed E-state index contributed by atoms with van der Waals surface area (Å²) in [6, 6.07) is 7.30. The van der Waals surface area contributed by atoms with Crippen LogP contribution in [-0.2, 0) is 4.79 Å². The first kappa shape index (κ1) is 11.0. The molecule has 0 aromatic heterocycles. The van der Waals surface area contributed by atoms with E-state index in [0.29, 0.717) is 0 Å². The first-order valence-corrected chi connectivity index (χ1v) is 5.48. The van der Waals surface area contributed by atoms with Crippen LogP contribution in [-0.4, -0.2) is 25.6 Å². The third kappa shape index (κ3) is 2.52. The summed E-state index contributed by atoms with van der Waals surface area (Å²) >= 11 is 0. The molecule has 1 heterocycles. The summed E-state index contributed by atoms with van der Waals surface area (Å²) in [7, 11) is 1.62. The average molecular weight is 220 g/mol. The first-order chi connectivity index (χ1) is 7.79. The van der Waals surface area contributed by atoms with E-state index in [9.17, 15) is 4.79 Å². The van der Waals surface area contributed by atoms with Crippen molar-refractivity contribution < 1.29 is 9.53 Å². The number of methoxy groups -OCH3 is 1. The Labute approximate surface area is 95.0 Å². The molecule has 1 saturated heterocycles. The number of hydrogen-bond donors (Lipinski definition) is 2. The van der Waals surface area contributed by atoms with Gasteiger partial charge in [0.25, 0.3) is 0 Å². The molecule has 0 radical (unpaired) electrons. The van der Waals surface area contributed by atoms with Crippen molar-refractivity contribution in [3.63, 3.8) is 0 Å². The lowest BCUT2D eigenvalue weighted by Gasteiger charge is -2.11. The minimum Gasteiger partial charge on any atom is -0.497 e. The van der Waals surface area contributed by atoms with Gasteiger partial charge in [-0.15, -0.1) is 0 Å². The van der Waals surface area contributed by atoms with E-state index < -0.39 is 0 Å². The minimum absolute atomic E-state index is 0.0397. The highest BCUT2D eigenvalue weighted by Gasteiger charge is 2.21. The minimum atomic E-state index is -0.0397. The molecule has 4 heteroatoms. The molecule has 0 aliphatic carbocycles. The van der Waals surface area contributed by atoms with E-state index in [1.165, 1.54) is 0 Å². The lowest BCUT2D eigenvalue weighted by Crippen LogP contribution is -2.35. The van der Waals surface area contributed by atoms with E-state index in [4.69, 9.17) is 4.74 Å². The molecular formula is C12H16N2O2. The predicted octanol–water partition coefficient (Wildman–Crippen LogP) is 1.39. The van der Waals surface area contributed by atoms with Crippen molar-refractivity contribution in [2.75, 3.05) is 19.0 Å². The Hall–Kier alpha value is -1.55. The van der Waals surface area contributed by atoms with E-state index in [1.54, 1.807) is 7.11 Å². The summed E-state index contributed by atoms with van der Waals surface area (Å²) in [6.45, 7) is 0.931. The highest BCUT2D eigenvalue weighted by atomic mass is 16.5. The third-order valence-corrected chi connectivity index (χ3v) is 2.73. The Morgan fingerprint density at radius 2 is 2.19 bits per heavy atom. The van der Waals surface area contributed by atoms with Gasteiger partial charge in [0.15, 0.2) is 0 Å². The van der Waals surface area contributed by atoms with Crippen LogP contribution >= 0.6 is 0 Å². The third-order valence-electron chi connectivity index (χ3n) is 2.73. The zero-order valence-electron chi connectivity index (χ0n) is 9.32. The number of amides is 1. The Kier molecular flexibility index (Phi) is 3.41. The number of carbonyl (C=O) groups excluding carboxylic acids is 1. The standard InChI is InChI=1S/C12H16N2O2/c1-16-10-6-4-9(5-7-10)14-12(15)11-3-2-8-13-11/h4-7,11,13H,2-3,8H2,1H3,(H,14,15)/t11-/m0/s1. The van der Waals surface area contributed by atoms with Crippen LogP contribution < -0.4 is 15.4 Å². The molecular weight excluding hydrogens is 204 g/mol. The summed E-state index contributed by atoms with van der Waals surface area (Å²) in [6.07, 6.45) is 1.99. The zero-order valence-corrected chi connectivity index (χ0v) is 9.32. The topological polar surface area (TPSA) is 50.4 Å². The van der Waals surface area contributed by atoms with Gasteiger partial charge in [-0.2, -0.15) is 0 Å². The maximum atomic E-state index is 11.8. The molecule has 0 unspecified atom stereocenters. The fraction of sp³-hybridized carbons (Fsp3) is 0.417. The maximum absolute atomic E-state index is 11.8. The van der Waals surface area contributed by atoms with Crippen LogP contribution in [0.4, 0.5) is 5.69 Å². The molecule has 1 fully saturated rings. The molecule has 1 aliphatic rings. The fourth-order valence-corrected chi connectivity index (χ4v) is 1.81. The number of ether oxygens (including phenoxy) is 1. The Balaban J connectivity index is 1.94. The van der Waals surface area contributed by atoms with Gasteiger partial charge in [-0.1, -0.05) is 0 Å². The summed E-state index contributed by atoms with van der Waals surface area (Å²) in [4.78, 5) is 11.8. The predicted molar refractivity (Wildman–Crippen MR) is 62.6 cm³/mol. The van der Waals surface area contributed by atoms with E-state index >= 15 is 0 Å². The quantitative estimate of drug-likeness (QED) is 0.809. The number of anilines is 1. The molecule has 2 N–H and O–H groups in total. The molecule has 86 valence electrons. The van der Waals surface area contributed by atoms with Gasteiger partial charge in [0.1, 0.15) is 5.75 Å². The fourth-order valence-electron chi connectivity index (χ4n) is 1.81. The summed E-state index contributed by atoms with van der Waals surface area (Å²) in [5.41, 5.74) is 0.805. The van der Waals surface area contributed by atoms with Crippen molar-refractivity contribution in [1.29, 1.82) is 0 Å². The Morgan fingerprint density at radius 1 is 1.44 bits per heavy atom. The Bertz CT molecular complexity index is 356. The second-order valence-electron chi connectivity index (χ2n) is 3.87. The molecule has 1 aliphatic heterocycles. The van der Waals surface area contributed by atoms with E-state index in [-0.39, 0.29) is 11.9 Å². The van der Waals surface area contributed by atoms with Crippen molar-refractivity contribution in [1.82, 2.24) is 5.32 Å². The van der Waals surface area contributed by atoms with Gasteiger partial charge in [-0.3, -0.25) is 4.79 Å². The van der Waals surface area contributed by atoms with Crippen molar-refractivity contribution in [3.05, 3.63) is 24.3 Å². The SMILES string of the molecule is COc1ccc(NC(=O)[C@@H]2CCCN2)cc1. The molecule has 1 amide bonds. The van der Waals surface area contributed by atoms with Gasteiger partial charge in [-0.05, 0) is 43.7 Å². The number of benzene rings is 1. The smallest absolute Gasteiger partial charge is 0.241 e. The highest BCUT2D eigenvalue weighted by Crippen LogP contribution is 2.16. The summed E-state index contributed by atoms with van der Waals surface area (Å²) in [5, 5.41) is 6.04. The van der Waals surface area contributed by atoms with Crippen LogP contribution in [0.25, 0.3) is 0 Å². The number of rotatable bonds is 3. The average Bonchev–Trinajstić information content (AvgIpc) is 2.83. The highest BCUT2D eigenvalue weighted by molar-refractivity contribution is 5.95. The van der Waals surface area contributed by atoms with Gasteiger partial charge in [-0.25, -0.2) is 0 Å². The van der Waals surface area contributed by atoms with Crippen LogP contribution in [0.3, 0.4) is 0 Å². The molecule has 0 saturated carbocycles. The van der Waals surface area contributed by atoms with Gasteiger partial charge in [0, 0.05) is 5.69 Å². The van der Waals surface area contributed by atoms with Crippen LogP contribution in [0.15, 0.2) is 24.3 Å². The second kappa shape index (κ2) is 4.99. The normalized spacial score (nSPS) is 19.4. The van der Waals surface area contributed by atoms with Crippen LogP contribution in [0, 0.1) is 0 Å². The van der Waals surface area contributed by atoms with Gasteiger partial charge in [0.2, 0.25) is 5.91 Å². The Morgan fingerprint density at radius 3 is 2.75 bits per heavy atom. The van der Waals surface area contributed by atoms with Crippen molar-refractivity contribution in [2.24, 2.45) is 0 Å². The number of hydrogen-bond acceptors (Lipinski definition) is 3. The van der Waals surface area contributed by atoms with Crippen LogP contribution in [0.5, 0.6) is 5.75 Å². The molecule has 16 heavy (non-hydrogen) atoms. The van der Waals surface area contributed by atoms with Crippen LogP contribution in [0.1, 0.15) is 12.8 Å². The van der Waals surface area contributed by atoms with Crippen molar-refractivity contribution in [2.45, 2.75) is 18.9 Å². The first-order valence-electron chi connectivity index (χ1n) is 5.48. The van der Waals surface area contributed by atoms with Crippen molar-refractivity contribution in [3.8, 4) is 5.75 Å². The number of nitrogens with one attached hydrogen (secondary N) is 2. The van der Waals surface area contributed by atoms with Gasteiger partial charge in [0.05, 0.1) is 13.2 Å². The lowest BCUT2D eigenvalue weighted by molar-refractivity contribution is -0.117. The molecule has 1 atom stereocenters. The maximum Gasteiger partial charge on any atom is 0.241 e. The van der Waals surface area contributed by atoms with E-state index in [2.05, 4.69) is 10.6 Å². The van der Waals surface area contributed by atoms with Gasteiger partial charge >= 0.3 is 0 Å². The van der Waals surface area contributed by atoms with Gasteiger partial charge < -0.3 is 15.4 Å². The number of carbonyl (C=O) groups is 1. The zero-order chi connectivity index (χ0) is 11.4. The molecule has 2 rings (SSSR count). The molecule has 1 aromatic rings. The monoisotopic (exact) mass is 220 g/mol. The molecule has 0 bridgehead atoms. The van der Waals surface area contributed by atoms with E-state index in [1.807, 2.05) is 24.3 Å². The summed E-state index contributed by atoms with van der Waals surface area (Å²) < 4.78 is 5.05. The molecule has 4 nitrogen and oxygen atoms in total. The summed E-state index contributed by atoms with van der Waals surface area (Å²) in [5.74, 6) is 0.833. The largest absolute Gasteiger partial charge is 0.497 e. The van der Waals surface area contributed by atoms with Crippen molar-refractivity contribution >= 4 is 11.6 Å². The molecule has 1 aromatic carbocycles. The molecule has 0 spiro atoms. The van der Waals surface area contributed by atoms with E-state index in [0.717, 1.165) is 30.8 Å². The lowest BCUT2D eigenvalue weighted by atomic mass is 10.2. The second-order valence-corrected chi connectivity index (χ2v) is 3.87. The van der Waals surface area contributed by atoms with Crippen LogP contribution in [0.2, 0.25) is 0 Å².